The highest BCUT2D eigenvalue weighted by molar-refractivity contribution is 5.92. The molecule has 1 saturated heterocycles. The van der Waals surface area contributed by atoms with Gasteiger partial charge in [-0.1, -0.05) is 17.7 Å². The molecule has 3 aromatic carbocycles. The molecule has 1 aliphatic rings. The molecule has 9 nitrogen and oxygen atoms in total. The lowest BCUT2D eigenvalue weighted by atomic mass is 10.2. The molecule has 0 saturated carbocycles. The van der Waals surface area contributed by atoms with Crippen LogP contribution in [0.3, 0.4) is 0 Å². The second kappa shape index (κ2) is 10.6. The normalized spacial score (nSPS) is 13.4. The van der Waals surface area contributed by atoms with Crippen LogP contribution in [0.5, 0.6) is 23.0 Å². The molecule has 2 amide bonds. The minimum Gasteiger partial charge on any atom is -0.493 e. The lowest BCUT2D eigenvalue weighted by Gasteiger charge is -2.35. The smallest absolute Gasteiger partial charge is 0.321 e. The average Bonchev–Trinajstić information content (AvgIpc) is 2.94. The van der Waals surface area contributed by atoms with E-state index in [-0.39, 0.29) is 6.03 Å². The van der Waals surface area contributed by atoms with Crippen molar-refractivity contribution in [3.8, 4) is 23.0 Å². The third-order valence-electron chi connectivity index (χ3n) is 6.35. The van der Waals surface area contributed by atoms with Gasteiger partial charge < -0.3 is 29.3 Å². The molecule has 0 radical (unpaired) electrons. The summed E-state index contributed by atoms with van der Waals surface area (Å²) in [7, 11) is 3.21. The SMILES string of the molecule is COc1cc2ncnc(N3CCN(C(=O)Nc4ccc(Oc5ccc(C)cc5)cc4)CC3)c2cc1OC. The number of carbonyl (C=O) groups is 1. The Kier molecular flexibility index (Phi) is 6.93. The van der Waals surface area contributed by atoms with E-state index in [2.05, 4.69) is 20.2 Å². The molecule has 37 heavy (non-hydrogen) atoms. The number of urea groups is 1. The Bertz CT molecular complexity index is 1380. The number of rotatable bonds is 6. The van der Waals surface area contributed by atoms with Gasteiger partial charge in [0.1, 0.15) is 23.6 Å². The molecule has 0 spiro atoms. The highest BCUT2D eigenvalue weighted by Gasteiger charge is 2.24. The van der Waals surface area contributed by atoms with Crippen LogP contribution in [0, 0.1) is 6.92 Å². The molecule has 1 fully saturated rings. The average molecular weight is 500 g/mol. The van der Waals surface area contributed by atoms with Crippen molar-refractivity contribution in [2.75, 3.05) is 50.6 Å². The fraction of sp³-hybridized carbons (Fsp3) is 0.250. The van der Waals surface area contributed by atoms with Gasteiger partial charge in [-0.15, -0.1) is 0 Å². The lowest BCUT2D eigenvalue weighted by molar-refractivity contribution is 0.208. The van der Waals surface area contributed by atoms with Crippen LogP contribution in [0.1, 0.15) is 5.56 Å². The van der Waals surface area contributed by atoms with Gasteiger partial charge in [-0.2, -0.15) is 0 Å². The largest absolute Gasteiger partial charge is 0.493 e. The molecule has 190 valence electrons. The molecule has 9 heteroatoms. The fourth-order valence-electron chi connectivity index (χ4n) is 4.29. The number of carbonyl (C=O) groups excluding carboxylic acids is 1. The summed E-state index contributed by atoms with van der Waals surface area (Å²) in [5, 5.41) is 3.86. The number of hydrogen-bond acceptors (Lipinski definition) is 7. The Balaban J connectivity index is 1.20. The topological polar surface area (TPSA) is 89.1 Å². The molecule has 0 aliphatic carbocycles. The zero-order chi connectivity index (χ0) is 25.8. The van der Waals surface area contributed by atoms with Gasteiger partial charge in [0.05, 0.1) is 19.7 Å². The van der Waals surface area contributed by atoms with Crippen LogP contribution in [0.4, 0.5) is 16.3 Å². The number of methoxy groups -OCH3 is 2. The Morgan fingerprint density at radius 3 is 2.11 bits per heavy atom. The van der Waals surface area contributed by atoms with Gasteiger partial charge in [0.2, 0.25) is 0 Å². The summed E-state index contributed by atoms with van der Waals surface area (Å²) in [6.45, 7) is 4.47. The molecule has 0 atom stereocenters. The monoisotopic (exact) mass is 499 g/mol. The van der Waals surface area contributed by atoms with Crippen molar-refractivity contribution < 1.29 is 19.0 Å². The first kappa shape index (κ1) is 24.2. The van der Waals surface area contributed by atoms with E-state index in [1.807, 2.05) is 67.6 Å². The first-order chi connectivity index (χ1) is 18.0. The second-order valence-electron chi connectivity index (χ2n) is 8.77. The minimum absolute atomic E-state index is 0.134. The third-order valence-corrected chi connectivity index (χ3v) is 6.35. The van der Waals surface area contributed by atoms with Crippen LogP contribution in [0.2, 0.25) is 0 Å². The zero-order valence-corrected chi connectivity index (χ0v) is 21.1. The molecule has 0 unspecified atom stereocenters. The first-order valence-corrected chi connectivity index (χ1v) is 12.1. The van der Waals surface area contributed by atoms with Crippen molar-refractivity contribution in [3.63, 3.8) is 0 Å². The van der Waals surface area contributed by atoms with E-state index in [1.54, 1.807) is 25.4 Å². The molecule has 1 aromatic heterocycles. The van der Waals surface area contributed by atoms with Crippen LogP contribution >= 0.6 is 0 Å². The summed E-state index contributed by atoms with van der Waals surface area (Å²) in [5.41, 5.74) is 2.67. The van der Waals surface area contributed by atoms with Gasteiger partial charge >= 0.3 is 6.03 Å². The maximum Gasteiger partial charge on any atom is 0.321 e. The minimum atomic E-state index is -0.134. The number of benzene rings is 3. The number of aromatic nitrogens is 2. The van der Waals surface area contributed by atoms with Crippen LogP contribution in [0.25, 0.3) is 10.9 Å². The van der Waals surface area contributed by atoms with Gasteiger partial charge in [0.15, 0.2) is 11.5 Å². The van der Waals surface area contributed by atoms with Gasteiger partial charge in [-0.05, 0) is 49.4 Å². The number of amides is 2. The van der Waals surface area contributed by atoms with E-state index >= 15 is 0 Å². The van der Waals surface area contributed by atoms with Crippen LogP contribution in [0.15, 0.2) is 67.0 Å². The van der Waals surface area contributed by atoms with Crippen molar-refractivity contribution in [1.29, 1.82) is 0 Å². The Hall–Kier alpha value is -4.53. The zero-order valence-electron chi connectivity index (χ0n) is 21.1. The molecule has 5 rings (SSSR count). The van der Waals surface area contributed by atoms with E-state index in [4.69, 9.17) is 14.2 Å². The Morgan fingerprint density at radius 1 is 0.838 bits per heavy atom. The summed E-state index contributed by atoms with van der Waals surface area (Å²) in [4.78, 5) is 25.8. The van der Waals surface area contributed by atoms with E-state index in [0.717, 1.165) is 22.5 Å². The summed E-state index contributed by atoms with van der Waals surface area (Å²) in [6, 6.07) is 18.9. The molecule has 2 heterocycles. The van der Waals surface area contributed by atoms with Crippen molar-refractivity contribution in [1.82, 2.24) is 14.9 Å². The van der Waals surface area contributed by atoms with Crippen LogP contribution in [-0.2, 0) is 0 Å². The van der Waals surface area contributed by atoms with Crippen molar-refractivity contribution in [2.45, 2.75) is 6.92 Å². The molecule has 1 aliphatic heterocycles. The predicted molar refractivity (Wildman–Crippen MR) is 143 cm³/mol. The van der Waals surface area contributed by atoms with E-state index < -0.39 is 0 Å². The molecule has 4 aromatic rings. The van der Waals surface area contributed by atoms with Gasteiger partial charge in [-0.25, -0.2) is 14.8 Å². The number of nitrogens with one attached hydrogen (secondary N) is 1. The number of anilines is 2. The van der Waals surface area contributed by atoms with E-state index in [9.17, 15) is 4.79 Å². The fourth-order valence-corrected chi connectivity index (χ4v) is 4.29. The standard InChI is InChI=1S/C28H29N5O4/c1-19-4-8-21(9-5-19)37-22-10-6-20(7-11-22)31-28(34)33-14-12-32(13-15-33)27-23-16-25(35-2)26(36-3)17-24(23)29-18-30-27/h4-11,16-18H,12-15H2,1-3H3,(H,31,34). The quantitative estimate of drug-likeness (QED) is 0.395. The Morgan fingerprint density at radius 2 is 1.46 bits per heavy atom. The maximum absolute atomic E-state index is 12.9. The number of piperazine rings is 1. The van der Waals surface area contributed by atoms with E-state index in [0.29, 0.717) is 49.1 Å². The predicted octanol–water partition coefficient (Wildman–Crippen LogP) is 5.10. The maximum atomic E-state index is 12.9. The summed E-state index contributed by atoms with van der Waals surface area (Å²) >= 11 is 0. The second-order valence-corrected chi connectivity index (χ2v) is 8.77. The van der Waals surface area contributed by atoms with Crippen LogP contribution in [-0.4, -0.2) is 61.3 Å². The summed E-state index contributed by atoms with van der Waals surface area (Å²) < 4.78 is 16.7. The molecular weight excluding hydrogens is 470 g/mol. The highest BCUT2D eigenvalue weighted by atomic mass is 16.5. The third kappa shape index (κ3) is 5.35. The number of hydrogen-bond donors (Lipinski definition) is 1. The van der Waals surface area contributed by atoms with Crippen LogP contribution < -0.4 is 24.4 Å². The van der Waals surface area contributed by atoms with Crippen molar-refractivity contribution >= 4 is 28.4 Å². The van der Waals surface area contributed by atoms with Gasteiger partial charge in [-0.3, -0.25) is 0 Å². The summed E-state index contributed by atoms with van der Waals surface area (Å²) in [5.74, 6) is 3.54. The van der Waals surface area contributed by atoms with Gasteiger partial charge in [0, 0.05) is 43.3 Å². The number of fused-ring (bicyclic) bond motifs is 1. The molecular formula is C28H29N5O4. The lowest BCUT2D eigenvalue weighted by Crippen LogP contribution is -2.50. The van der Waals surface area contributed by atoms with Crippen molar-refractivity contribution in [2.24, 2.45) is 0 Å². The van der Waals surface area contributed by atoms with Gasteiger partial charge in [0.25, 0.3) is 0 Å². The number of aryl methyl sites for hydroxylation is 1. The Labute approximate surface area is 215 Å². The molecule has 1 N–H and O–H groups in total. The first-order valence-electron chi connectivity index (χ1n) is 12.1. The highest BCUT2D eigenvalue weighted by Crippen LogP contribution is 2.35. The summed E-state index contributed by atoms with van der Waals surface area (Å²) in [6.07, 6.45) is 1.55. The number of ether oxygens (including phenoxy) is 3. The van der Waals surface area contributed by atoms with Crippen molar-refractivity contribution in [3.05, 3.63) is 72.6 Å². The molecule has 0 bridgehead atoms. The number of nitrogens with zero attached hydrogens (tertiary/aromatic N) is 4. The van der Waals surface area contributed by atoms with E-state index in [1.165, 1.54) is 5.56 Å².